The highest BCUT2D eigenvalue weighted by Crippen LogP contribution is 2.65. The predicted molar refractivity (Wildman–Crippen MR) is 116 cm³/mol. The van der Waals surface area contributed by atoms with E-state index in [0.717, 1.165) is 19.3 Å². The fourth-order valence-corrected chi connectivity index (χ4v) is 5.81. The second kappa shape index (κ2) is 7.87. The van der Waals surface area contributed by atoms with Crippen molar-refractivity contribution in [3.05, 3.63) is 42.0 Å². The van der Waals surface area contributed by atoms with E-state index in [0.29, 0.717) is 29.7 Å². The summed E-state index contributed by atoms with van der Waals surface area (Å²) in [4.78, 5) is 52.4. The molecule has 2 saturated carbocycles. The highest BCUT2D eigenvalue weighted by molar-refractivity contribution is 6.10. The number of rotatable bonds is 7. The molecule has 7 heteroatoms. The van der Waals surface area contributed by atoms with E-state index in [4.69, 9.17) is 4.74 Å². The molecular formula is C25H28N2O5. The maximum Gasteiger partial charge on any atom is 0.338 e. The van der Waals surface area contributed by atoms with Gasteiger partial charge in [-0.25, -0.2) is 4.79 Å². The number of ether oxygens (including phenoxy) is 1. The van der Waals surface area contributed by atoms with E-state index >= 15 is 0 Å². The standard InChI is InChI=1S/C25H28N2O5/c1-3-4-11-32-25(31)14-5-7-15(8-6-14)26-22(28)13(2)27-23(29)20-16-9-10-17(19-12-18(16)19)21(20)24(27)30/h5-10,13,16-21H,3-4,11-12H2,1-2H3,(H,26,28)/t13-,16+,17+,18+,19+,20-,21+/m0/s1. The summed E-state index contributed by atoms with van der Waals surface area (Å²) in [6, 6.07) is 5.52. The minimum atomic E-state index is -0.894. The number of imide groups is 1. The van der Waals surface area contributed by atoms with Crippen LogP contribution in [-0.4, -0.2) is 41.2 Å². The molecule has 7 nitrogen and oxygen atoms in total. The van der Waals surface area contributed by atoms with E-state index in [2.05, 4.69) is 17.5 Å². The second-order valence-electron chi connectivity index (χ2n) is 9.43. The van der Waals surface area contributed by atoms with Gasteiger partial charge in [-0.1, -0.05) is 25.5 Å². The van der Waals surface area contributed by atoms with Gasteiger partial charge >= 0.3 is 5.97 Å². The topological polar surface area (TPSA) is 92.8 Å². The number of hydrogen-bond donors (Lipinski definition) is 1. The number of carbonyl (C=O) groups is 4. The van der Waals surface area contributed by atoms with Crippen molar-refractivity contribution in [1.82, 2.24) is 4.90 Å². The van der Waals surface area contributed by atoms with Crippen LogP contribution in [0.25, 0.3) is 0 Å². The Morgan fingerprint density at radius 2 is 1.66 bits per heavy atom. The Kier molecular flexibility index (Phi) is 5.14. The minimum absolute atomic E-state index is 0.135. The van der Waals surface area contributed by atoms with Crippen LogP contribution in [0.5, 0.6) is 0 Å². The van der Waals surface area contributed by atoms with Crippen molar-refractivity contribution in [3.8, 4) is 0 Å². The Morgan fingerprint density at radius 3 is 2.22 bits per heavy atom. The van der Waals surface area contributed by atoms with Gasteiger partial charge in [0.05, 0.1) is 24.0 Å². The number of nitrogens with one attached hydrogen (secondary N) is 1. The summed E-state index contributed by atoms with van der Waals surface area (Å²) in [5.74, 6) is -0.541. The summed E-state index contributed by atoms with van der Waals surface area (Å²) in [5.41, 5.74) is 0.897. The van der Waals surface area contributed by atoms with Crippen molar-refractivity contribution in [3.63, 3.8) is 0 Å². The van der Waals surface area contributed by atoms with Crippen LogP contribution in [0.3, 0.4) is 0 Å². The van der Waals surface area contributed by atoms with Gasteiger partial charge in [-0.2, -0.15) is 0 Å². The summed E-state index contributed by atoms with van der Waals surface area (Å²) in [6.45, 7) is 4.00. The average Bonchev–Trinajstić information content (AvgIpc) is 3.57. The Morgan fingerprint density at radius 1 is 1.06 bits per heavy atom. The van der Waals surface area contributed by atoms with Crippen molar-refractivity contribution in [1.29, 1.82) is 0 Å². The van der Waals surface area contributed by atoms with E-state index < -0.39 is 17.9 Å². The van der Waals surface area contributed by atoms with Gasteiger partial charge in [0, 0.05) is 5.69 Å². The summed E-state index contributed by atoms with van der Waals surface area (Å²) in [5, 5.41) is 2.76. The summed E-state index contributed by atoms with van der Waals surface area (Å²) < 4.78 is 5.19. The first-order chi connectivity index (χ1) is 15.4. The largest absolute Gasteiger partial charge is 0.462 e. The van der Waals surface area contributed by atoms with Crippen LogP contribution in [-0.2, 0) is 19.1 Å². The molecule has 3 fully saturated rings. The molecule has 32 heavy (non-hydrogen) atoms. The number of likely N-dealkylation sites (tertiary alicyclic amines) is 1. The van der Waals surface area contributed by atoms with Crippen LogP contribution in [0.2, 0.25) is 0 Å². The van der Waals surface area contributed by atoms with Gasteiger partial charge in [0.2, 0.25) is 17.7 Å². The molecule has 1 N–H and O–H groups in total. The molecule has 7 atom stereocenters. The molecule has 5 aliphatic rings. The first kappa shape index (κ1) is 20.9. The summed E-state index contributed by atoms with van der Waals surface area (Å²) in [6.07, 6.45) is 7.10. The third-order valence-corrected chi connectivity index (χ3v) is 7.58. The zero-order valence-corrected chi connectivity index (χ0v) is 18.3. The zero-order valence-electron chi connectivity index (χ0n) is 18.3. The SMILES string of the molecule is CCCCOC(=O)c1ccc(NC(=O)[C@H](C)N2C(=O)[C@@H]3[C@@H]4C=C[C@H]([C@H]5C[C@H]45)[C@@H]3C2=O)cc1. The molecule has 1 aromatic rings. The van der Waals surface area contributed by atoms with Crippen molar-refractivity contribution in [2.45, 2.75) is 39.2 Å². The molecule has 0 aromatic heterocycles. The lowest BCUT2D eigenvalue weighted by Gasteiger charge is -2.37. The molecule has 1 aromatic carbocycles. The Bertz CT molecular complexity index is 964. The fourth-order valence-electron chi connectivity index (χ4n) is 5.81. The molecule has 0 unspecified atom stereocenters. The first-order valence-corrected chi connectivity index (χ1v) is 11.6. The molecule has 4 aliphatic carbocycles. The fraction of sp³-hybridized carbons (Fsp3) is 0.520. The molecule has 2 bridgehead atoms. The number of benzene rings is 1. The van der Waals surface area contributed by atoms with Crippen molar-refractivity contribution in [2.75, 3.05) is 11.9 Å². The molecule has 1 heterocycles. The summed E-state index contributed by atoms with van der Waals surface area (Å²) >= 11 is 0. The highest BCUT2D eigenvalue weighted by Gasteiger charge is 2.67. The van der Waals surface area contributed by atoms with Crippen molar-refractivity contribution < 1.29 is 23.9 Å². The van der Waals surface area contributed by atoms with E-state index in [1.165, 1.54) is 4.90 Å². The van der Waals surface area contributed by atoms with Crippen LogP contribution >= 0.6 is 0 Å². The Labute approximate surface area is 187 Å². The average molecular weight is 437 g/mol. The van der Waals surface area contributed by atoms with Gasteiger partial charge in [-0.15, -0.1) is 0 Å². The number of carbonyl (C=O) groups excluding carboxylic acids is 4. The van der Waals surface area contributed by atoms with E-state index in [1.54, 1.807) is 31.2 Å². The van der Waals surface area contributed by atoms with Gasteiger partial charge in [0.1, 0.15) is 6.04 Å². The van der Waals surface area contributed by atoms with Gasteiger partial charge in [-0.3, -0.25) is 19.3 Å². The van der Waals surface area contributed by atoms with E-state index in [9.17, 15) is 19.2 Å². The lowest BCUT2D eigenvalue weighted by atomic mass is 9.63. The maximum absolute atomic E-state index is 13.2. The number of amides is 3. The summed E-state index contributed by atoms with van der Waals surface area (Å²) in [7, 11) is 0. The van der Waals surface area contributed by atoms with Crippen LogP contribution in [0.4, 0.5) is 5.69 Å². The monoisotopic (exact) mass is 436 g/mol. The van der Waals surface area contributed by atoms with Crippen LogP contribution in [0.1, 0.15) is 43.5 Å². The van der Waals surface area contributed by atoms with Gasteiger partial charge in [0.15, 0.2) is 0 Å². The number of esters is 1. The molecule has 1 aliphatic heterocycles. The number of hydrogen-bond acceptors (Lipinski definition) is 5. The molecular weight excluding hydrogens is 408 g/mol. The highest BCUT2D eigenvalue weighted by atomic mass is 16.5. The number of unbranched alkanes of at least 4 members (excludes halogenated alkanes) is 1. The second-order valence-corrected chi connectivity index (χ2v) is 9.43. The Hall–Kier alpha value is -2.96. The predicted octanol–water partition coefficient (Wildman–Crippen LogP) is 3.02. The Balaban J connectivity index is 1.23. The first-order valence-electron chi connectivity index (χ1n) is 11.6. The van der Waals surface area contributed by atoms with Crippen LogP contribution < -0.4 is 5.32 Å². The van der Waals surface area contributed by atoms with Gasteiger partial charge in [0.25, 0.3) is 0 Å². The zero-order chi connectivity index (χ0) is 22.6. The molecule has 6 rings (SSSR count). The number of nitrogens with zero attached hydrogens (tertiary/aromatic N) is 1. The molecule has 168 valence electrons. The molecule has 0 spiro atoms. The van der Waals surface area contributed by atoms with E-state index in [1.807, 2.05) is 6.92 Å². The smallest absolute Gasteiger partial charge is 0.338 e. The number of allylic oxidation sites excluding steroid dienone is 2. The normalized spacial score (nSPS) is 32.4. The van der Waals surface area contributed by atoms with Crippen molar-refractivity contribution >= 4 is 29.4 Å². The maximum atomic E-state index is 13.2. The quantitative estimate of drug-likeness (QED) is 0.307. The lowest BCUT2D eigenvalue weighted by molar-refractivity contribution is -0.146. The van der Waals surface area contributed by atoms with Crippen molar-refractivity contribution in [2.24, 2.45) is 35.5 Å². The van der Waals surface area contributed by atoms with E-state index in [-0.39, 0.29) is 35.5 Å². The number of anilines is 1. The molecule has 0 radical (unpaired) electrons. The minimum Gasteiger partial charge on any atom is -0.462 e. The third-order valence-electron chi connectivity index (χ3n) is 7.58. The van der Waals surface area contributed by atoms with Crippen LogP contribution in [0, 0.1) is 35.5 Å². The molecule has 1 saturated heterocycles. The van der Waals surface area contributed by atoms with Gasteiger partial charge < -0.3 is 10.1 Å². The lowest BCUT2D eigenvalue weighted by Crippen LogP contribution is -2.46. The third kappa shape index (κ3) is 3.26. The van der Waals surface area contributed by atoms with Gasteiger partial charge in [-0.05, 0) is 67.7 Å². The van der Waals surface area contributed by atoms with Crippen LogP contribution in [0.15, 0.2) is 36.4 Å². The molecule has 3 amide bonds.